The number of benzene rings is 1. The minimum atomic E-state index is -0.320. The second-order valence-electron chi connectivity index (χ2n) is 7.06. The molecule has 1 unspecified atom stereocenters. The van der Waals surface area contributed by atoms with Gasteiger partial charge < -0.3 is 9.47 Å². The highest BCUT2D eigenvalue weighted by atomic mass is 16.5. The second-order valence-corrected chi connectivity index (χ2v) is 7.06. The molecular formula is C21H29NO3. The average Bonchev–Trinajstić information content (AvgIpc) is 3.14. The Morgan fingerprint density at radius 2 is 2.00 bits per heavy atom. The van der Waals surface area contributed by atoms with Crippen molar-refractivity contribution in [3.8, 4) is 0 Å². The largest absolute Gasteiger partial charge is 0.466 e. The Balaban J connectivity index is 1.56. The third kappa shape index (κ3) is 5.16. The van der Waals surface area contributed by atoms with Crippen molar-refractivity contribution >= 4 is 12.0 Å². The number of hydrogen-bond donors (Lipinski definition) is 0. The van der Waals surface area contributed by atoms with Gasteiger partial charge in [0.15, 0.2) is 0 Å². The number of carbonyl (C=O) groups excluding carboxylic acids is 1. The van der Waals surface area contributed by atoms with Gasteiger partial charge in [-0.2, -0.15) is 0 Å². The van der Waals surface area contributed by atoms with E-state index in [4.69, 9.17) is 4.74 Å². The van der Waals surface area contributed by atoms with Gasteiger partial charge in [0, 0.05) is 25.3 Å². The average molecular weight is 343 g/mol. The summed E-state index contributed by atoms with van der Waals surface area (Å²) in [6.45, 7) is 4.28. The van der Waals surface area contributed by atoms with Gasteiger partial charge in [-0.15, -0.1) is 0 Å². The van der Waals surface area contributed by atoms with Gasteiger partial charge >= 0.3 is 5.97 Å². The van der Waals surface area contributed by atoms with Gasteiger partial charge in [0.2, 0.25) is 0 Å². The summed E-state index contributed by atoms with van der Waals surface area (Å²) < 4.78 is 10.1. The molecule has 1 atom stereocenters. The van der Waals surface area contributed by atoms with Gasteiger partial charge in [0.25, 0.3) is 0 Å². The maximum atomic E-state index is 11.2. The Morgan fingerprint density at radius 1 is 1.24 bits per heavy atom. The maximum Gasteiger partial charge on any atom is 0.330 e. The van der Waals surface area contributed by atoms with Crippen LogP contribution in [0.4, 0.5) is 0 Å². The second kappa shape index (κ2) is 9.16. The summed E-state index contributed by atoms with van der Waals surface area (Å²) in [5.74, 6) is 0.514. The van der Waals surface area contributed by atoms with Crippen molar-refractivity contribution in [2.75, 3.05) is 33.4 Å². The predicted molar refractivity (Wildman–Crippen MR) is 99.2 cm³/mol. The van der Waals surface area contributed by atoms with Crippen LogP contribution in [0.1, 0.15) is 49.3 Å². The molecule has 25 heavy (non-hydrogen) atoms. The molecule has 2 fully saturated rings. The lowest BCUT2D eigenvalue weighted by atomic mass is 9.96. The summed E-state index contributed by atoms with van der Waals surface area (Å²) in [6.07, 6.45) is 9.52. The number of methoxy groups -OCH3 is 1. The van der Waals surface area contributed by atoms with Crippen LogP contribution in [0.3, 0.4) is 0 Å². The van der Waals surface area contributed by atoms with E-state index in [1.54, 1.807) is 6.08 Å². The van der Waals surface area contributed by atoms with Crippen LogP contribution in [0.25, 0.3) is 6.08 Å². The molecule has 0 amide bonds. The lowest BCUT2D eigenvalue weighted by molar-refractivity contribution is -0.134. The fraction of sp³-hybridized carbons (Fsp3) is 0.571. The number of rotatable bonds is 6. The number of carbonyl (C=O) groups is 1. The number of nitrogens with zero attached hydrogens (tertiary/aromatic N) is 1. The van der Waals surface area contributed by atoms with Crippen molar-refractivity contribution in [2.24, 2.45) is 5.92 Å². The monoisotopic (exact) mass is 343 g/mol. The summed E-state index contributed by atoms with van der Waals surface area (Å²) in [7, 11) is 1.39. The van der Waals surface area contributed by atoms with Gasteiger partial charge in [-0.1, -0.05) is 24.3 Å². The van der Waals surface area contributed by atoms with Crippen LogP contribution in [-0.4, -0.2) is 44.3 Å². The smallest absolute Gasteiger partial charge is 0.330 e. The molecule has 4 heteroatoms. The standard InChI is InChI=1S/C21H29NO3/c1-24-21(23)9-6-17-4-7-19(8-5-17)20-3-2-13-22(20)14-10-18-11-15-25-16-12-18/h4-9,18,20H,2-3,10-16H2,1H3. The fourth-order valence-corrected chi connectivity index (χ4v) is 3.92. The van der Waals surface area contributed by atoms with Crippen molar-refractivity contribution in [1.29, 1.82) is 0 Å². The van der Waals surface area contributed by atoms with Crippen LogP contribution < -0.4 is 0 Å². The Labute approximate surface area is 150 Å². The highest BCUT2D eigenvalue weighted by Crippen LogP contribution is 2.33. The van der Waals surface area contributed by atoms with Crippen molar-refractivity contribution in [2.45, 2.75) is 38.1 Å². The van der Waals surface area contributed by atoms with E-state index in [9.17, 15) is 4.79 Å². The minimum absolute atomic E-state index is 0.320. The van der Waals surface area contributed by atoms with Crippen LogP contribution in [0.2, 0.25) is 0 Å². The quantitative estimate of drug-likeness (QED) is 0.581. The van der Waals surface area contributed by atoms with E-state index in [1.807, 2.05) is 0 Å². The molecule has 0 N–H and O–H groups in total. The SMILES string of the molecule is COC(=O)C=Cc1ccc(C2CCCN2CCC2CCOCC2)cc1. The zero-order chi connectivity index (χ0) is 17.5. The minimum Gasteiger partial charge on any atom is -0.466 e. The molecule has 0 radical (unpaired) electrons. The van der Waals surface area contributed by atoms with Gasteiger partial charge in [-0.3, -0.25) is 4.90 Å². The molecular weight excluding hydrogens is 314 g/mol. The first-order chi connectivity index (χ1) is 12.3. The highest BCUT2D eigenvalue weighted by molar-refractivity contribution is 5.86. The first-order valence-corrected chi connectivity index (χ1v) is 9.44. The first kappa shape index (κ1) is 18.2. The van der Waals surface area contributed by atoms with Crippen LogP contribution in [0.5, 0.6) is 0 Å². The molecule has 3 rings (SSSR count). The van der Waals surface area contributed by atoms with Crippen LogP contribution in [0, 0.1) is 5.92 Å². The molecule has 0 aliphatic carbocycles. The van der Waals surface area contributed by atoms with Gasteiger partial charge in [-0.25, -0.2) is 4.79 Å². The Kier molecular flexibility index (Phi) is 6.65. The molecule has 0 aromatic heterocycles. The zero-order valence-electron chi connectivity index (χ0n) is 15.2. The number of hydrogen-bond acceptors (Lipinski definition) is 4. The number of likely N-dealkylation sites (tertiary alicyclic amines) is 1. The van der Waals surface area contributed by atoms with Crippen molar-refractivity contribution in [1.82, 2.24) is 4.90 Å². The molecule has 136 valence electrons. The van der Waals surface area contributed by atoms with Gasteiger partial charge in [0.05, 0.1) is 7.11 Å². The van der Waals surface area contributed by atoms with Crippen LogP contribution in [0.15, 0.2) is 30.3 Å². The van der Waals surface area contributed by atoms with E-state index in [0.717, 1.165) is 24.7 Å². The summed E-state index contributed by atoms with van der Waals surface area (Å²) in [5.41, 5.74) is 2.42. The Bertz CT molecular complexity index is 575. The highest BCUT2D eigenvalue weighted by Gasteiger charge is 2.26. The molecule has 2 saturated heterocycles. The van der Waals surface area contributed by atoms with E-state index in [1.165, 1.54) is 63.9 Å². The summed E-state index contributed by atoms with van der Waals surface area (Å²) >= 11 is 0. The van der Waals surface area contributed by atoms with E-state index < -0.39 is 0 Å². The molecule has 2 aliphatic heterocycles. The molecule has 2 aliphatic rings. The molecule has 0 saturated carbocycles. The van der Waals surface area contributed by atoms with Crippen LogP contribution >= 0.6 is 0 Å². The van der Waals surface area contributed by atoms with Crippen molar-refractivity contribution in [3.63, 3.8) is 0 Å². The Hall–Kier alpha value is -1.65. The lowest BCUT2D eigenvalue weighted by Crippen LogP contribution is -2.27. The normalized spacial score (nSPS) is 22.5. The molecule has 2 heterocycles. The van der Waals surface area contributed by atoms with E-state index in [-0.39, 0.29) is 5.97 Å². The van der Waals surface area contributed by atoms with Crippen LogP contribution in [-0.2, 0) is 14.3 Å². The van der Waals surface area contributed by atoms with E-state index in [2.05, 4.69) is 33.9 Å². The summed E-state index contributed by atoms with van der Waals surface area (Å²) in [6, 6.07) is 9.12. The molecule has 1 aromatic carbocycles. The van der Waals surface area contributed by atoms with E-state index >= 15 is 0 Å². The predicted octanol–water partition coefficient (Wildman–Crippen LogP) is 3.83. The van der Waals surface area contributed by atoms with E-state index in [0.29, 0.717) is 6.04 Å². The van der Waals surface area contributed by atoms with Crippen molar-refractivity contribution < 1.29 is 14.3 Å². The molecule has 1 aromatic rings. The maximum absolute atomic E-state index is 11.2. The molecule has 4 nitrogen and oxygen atoms in total. The topological polar surface area (TPSA) is 38.8 Å². The van der Waals surface area contributed by atoms with Gasteiger partial charge in [-0.05, 0) is 68.3 Å². The molecule has 0 bridgehead atoms. The summed E-state index contributed by atoms with van der Waals surface area (Å²) in [4.78, 5) is 13.8. The fourth-order valence-electron chi connectivity index (χ4n) is 3.92. The third-order valence-corrected chi connectivity index (χ3v) is 5.46. The molecule has 0 spiro atoms. The number of ether oxygens (including phenoxy) is 2. The first-order valence-electron chi connectivity index (χ1n) is 9.44. The summed E-state index contributed by atoms with van der Waals surface area (Å²) in [5, 5.41) is 0. The zero-order valence-corrected chi connectivity index (χ0v) is 15.2. The van der Waals surface area contributed by atoms with Gasteiger partial charge in [0.1, 0.15) is 0 Å². The Morgan fingerprint density at radius 3 is 2.72 bits per heavy atom. The number of esters is 1. The third-order valence-electron chi connectivity index (χ3n) is 5.46. The lowest BCUT2D eigenvalue weighted by Gasteiger charge is -2.28. The van der Waals surface area contributed by atoms with Crippen molar-refractivity contribution in [3.05, 3.63) is 41.5 Å².